The fourth-order valence-corrected chi connectivity index (χ4v) is 2.04. The van der Waals surface area contributed by atoms with E-state index in [1.54, 1.807) is 13.2 Å². The van der Waals surface area contributed by atoms with Crippen LogP contribution in [0.3, 0.4) is 0 Å². The van der Waals surface area contributed by atoms with Crippen molar-refractivity contribution in [2.24, 2.45) is 0 Å². The number of para-hydroxylation sites is 2. The third kappa shape index (κ3) is 2.47. The predicted molar refractivity (Wildman–Crippen MR) is 78.4 cm³/mol. The number of rotatable bonds is 4. The Morgan fingerprint density at radius 3 is 2.30 bits per heavy atom. The molecule has 0 amide bonds. The number of anilines is 3. The smallest absolute Gasteiger partial charge is 0.167 e. The molecule has 0 atom stereocenters. The second-order valence-corrected chi connectivity index (χ2v) is 4.28. The third-order valence-corrected chi connectivity index (χ3v) is 3.11. The van der Waals surface area contributed by atoms with Gasteiger partial charge in [0.05, 0.1) is 31.3 Å². The summed E-state index contributed by atoms with van der Waals surface area (Å²) in [5.41, 5.74) is 7.70. The highest BCUT2D eigenvalue weighted by molar-refractivity contribution is 5.78. The Balaban J connectivity index is 2.50. The molecule has 106 valence electrons. The number of nitrogens with two attached hydrogens (primary N) is 1. The molecule has 0 spiro atoms. The minimum atomic E-state index is -0.484. The van der Waals surface area contributed by atoms with Crippen LogP contribution in [0.1, 0.15) is 0 Å². The molecule has 0 fully saturated rings. The van der Waals surface area contributed by atoms with E-state index in [4.69, 9.17) is 15.2 Å². The molecule has 0 aromatic heterocycles. The molecule has 2 aromatic rings. The van der Waals surface area contributed by atoms with Crippen LogP contribution in [0.4, 0.5) is 21.5 Å². The van der Waals surface area contributed by atoms with Crippen LogP contribution in [0.15, 0.2) is 36.4 Å². The van der Waals surface area contributed by atoms with Crippen molar-refractivity contribution in [3.05, 3.63) is 42.2 Å². The molecule has 4 nitrogen and oxygen atoms in total. The molecule has 0 unspecified atom stereocenters. The summed E-state index contributed by atoms with van der Waals surface area (Å²) in [6, 6.07) is 10.3. The van der Waals surface area contributed by atoms with Crippen molar-refractivity contribution in [2.75, 3.05) is 31.9 Å². The minimum absolute atomic E-state index is 0.149. The monoisotopic (exact) mass is 276 g/mol. The number of ether oxygens (including phenoxy) is 2. The van der Waals surface area contributed by atoms with Crippen LogP contribution in [0, 0.1) is 5.82 Å². The van der Waals surface area contributed by atoms with Crippen molar-refractivity contribution >= 4 is 17.1 Å². The van der Waals surface area contributed by atoms with Crippen molar-refractivity contribution in [3.8, 4) is 11.5 Å². The van der Waals surface area contributed by atoms with Crippen molar-refractivity contribution in [2.45, 2.75) is 0 Å². The lowest BCUT2D eigenvalue weighted by Crippen LogP contribution is -2.13. The van der Waals surface area contributed by atoms with Gasteiger partial charge in [-0.2, -0.15) is 0 Å². The Morgan fingerprint density at radius 2 is 1.65 bits per heavy atom. The van der Waals surface area contributed by atoms with Gasteiger partial charge in [0.25, 0.3) is 0 Å². The first-order valence-corrected chi connectivity index (χ1v) is 6.08. The fourth-order valence-electron chi connectivity index (χ4n) is 2.04. The molecule has 0 bridgehead atoms. The van der Waals surface area contributed by atoms with Gasteiger partial charge in [0.2, 0.25) is 0 Å². The molecule has 5 heteroatoms. The fraction of sp³-hybridized carbons (Fsp3) is 0.200. The van der Waals surface area contributed by atoms with Crippen LogP contribution in [-0.4, -0.2) is 21.3 Å². The van der Waals surface area contributed by atoms with E-state index in [0.29, 0.717) is 17.1 Å². The van der Waals surface area contributed by atoms with Gasteiger partial charge in [-0.25, -0.2) is 4.39 Å². The van der Waals surface area contributed by atoms with Crippen LogP contribution in [0.25, 0.3) is 0 Å². The number of benzene rings is 2. The lowest BCUT2D eigenvalue weighted by atomic mass is 10.2. The SMILES string of the molecule is COc1cc(N(C)c2ccccc2OC)c(N)cc1F. The number of halogens is 1. The topological polar surface area (TPSA) is 47.7 Å². The molecular formula is C15H17FN2O2. The zero-order valence-corrected chi connectivity index (χ0v) is 11.7. The van der Waals surface area contributed by atoms with E-state index in [1.807, 2.05) is 36.2 Å². The number of nitrogens with zero attached hydrogens (tertiary/aromatic N) is 1. The average molecular weight is 276 g/mol. The van der Waals surface area contributed by atoms with E-state index >= 15 is 0 Å². The molecule has 0 saturated heterocycles. The zero-order valence-electron chi connectivity index (χ0n) is 11.7. The number of hydrogen-bond acceptors (Lipinski definition) is 4. The van der Waals surface area contributed by atoms with Crippen LogP contribution in [-0.2, 0) is 0 Å². The molecule has 0 heterocycles. The minimum Gasteiger partial charge on any atom is -0.495 e. The van der Waals surface area contributed by atoms with Crippen LogP contribution in [0.5, 0.6) is 11.5 Å². The van der Waals surface area contributed by atoms with Crippen molar-refractivity contribution in [1.82, 2.24) is 0 Å². The Kier molecular flexibility index (Phi) is 3.98. The first kappa shape index (κ1) is 14.0. The lowest BCUT2D eigenvalue weighted by molar-refractivity contribution is 0.387. The molecule has 0 aliphatic carbocycles. The van der Waals surface area contributed by atoms with E-state index in [9.17, 15) is 4.39 Å². The normalized spacial score (nSPS) is 10.2. The Morgan fingerprint density at radius 1 is 1.00 bits per heavy atom. The summed E-state index contributed by atoms with van der Waals surface area (Å²) in [6.45, 7) is 0. The van der Waals surface area contributed by atoms with Crippen LogP contribution < -0.4 is 20.1 Å². The lowest BCUT2D eigenvalue weighted by Gasteiger charge is -2.23. The summed E-state index contributed by atoms with van der Waals surface area (Å²) in [5, 5.41) is 0. The summed E-state index contributed by atoms with van der Waals surface area (Å²) in [5.74, 6) is 0.371. The van der Waals surface area contributed by atoms with Gasteiger partial charge in [0.15, 0.2) is 11.6 Å². The van der Waals surface area contributed by atoms with Gasteiger partial charge < -0.3 is 20.1 Å². The molecule has 0 saturated carbocycles. The predicted octanol–water partition coefficient (Wildman–Crippen LogP) is 3.19. The Bertz CT molecular complexity index is 617. The third-order valence-electron chi connectivity index (χ3n) is 3.11. The van der Waals surface area contributed by atoms with E-state index in [1.165, 1.54) is 13.2 Å². The van der Waals surface area contributed by atoms with Gasteiger partial charge in [0, 0.05) is 19.2 Å². The maximum Gasteiger partial charge on any atom is 0.167 e. The largest absolute Gasteiger partial charge is 0.495 e. The molecule has 0 aliphatic heterocycles. The van der Waals surface area contributed by atoms with Gasteiger partial charge >= 0.3 is 0 Å². The second kappa shape index (κ2) is 5.69. The van der Waals surface area contributed by atoms with E-state index in [2.05, 4.69) is 0 Å². The second-order valence-electron chi connectivity index (χ2n) is 4.28. The molecular weight excluding hydrogens is 259 g/mol. The molecule has 2 rings (SSSR count). The number of hydrogen-bond donors (Lipinski definition) is 1. The highest BCUT2D eigenvalue weighted by Gasteiger charge is 2.15. The van der Waals surface area contributed by atoms with E-state index < -0.39 is 5.82 Å². The number of nitrogen functional groups attached to an aromatic ring is 1. The van der Waals surface area contributed by atoms with E-state index in [-0.39, 0.29) is 5.75 Å². The van der Waals surface area contributed by atoms with Gasteiger partial charge in [-0.3, -0.25) is 0 Å². The molecule has 20 heavy (non-hydrogen) atoms. The summed E-state index contributed by atoms with van der Waals surface area (Å²) < 4.78 is 23.9. The quantitative estimate of drug-likeness (QED) is 0.871. The standard InChI is InChI=1S/C15H17FN2O2/c1-18(12-6-4-5-7-14(12)19-2)13-9-15(20-3)10(16)8-11(13)17/h4-9H,17H2,1-3H3. The number of methoxy groups -OCH3 is 2. The maximum absolute atomic E-state index is 13.6. The highest BCUT2D eigenvalue weighted by Crippen LogP contribution is 2.37. The summed E-state index contributed by atoms with van der Waals surface area (Å²) in [6.07, 6.45) is 0. The Labute approximate surface area is 117 Å². The Hall–Kier alpha value is -2.43. The molecule has 2 N–H and O–H groups in total. The van der Waals surface area contributed by atoms with Gasteiger partial charge in [-0.1, -0.05) is 12.1 Å². The van der Waals surface area contributed by atoms with Crippen molar-refractivity contribution in [1.29, 1.82) is 0 Å². The zero-order chi connectivity index (χ0) is 14.7. The first-order chi connectivity index (χ1) is 9.58. The maximum atomic E-state index is 13.6. The van der Waals surface area contributed by atoms with Crippen LogP contribution in [0.2, 0.25) is 0 Å². The van der Waals surface area contributed by atoms with Crippen molar-refractivity contribution < 1.29 is 13.9 Å². The van der Waals surface area contributed by atoms with E-state index in [0.717, 1.165) is 5.69 Å². The summed E-state index contributed by atoms with van der Waals surface area (Å²) >= 11 is 0. The molecule has 0 aliphatic rings. The first-order valence-electron chi connectivity index (χ1n) is 6.08. The van der Waals surface area contributed by atoms with Crippen molar-refractivity contribution in [3.63, 3.8) is 0 Å². The van der Waals surface area contributed by atoms with Gasteiger partial charge in [0.1, 0.15) is 5.75 Å². The average Bonchev–Trinajstić information content (AvgIpc) is 2.46. The van der Waals surface area contributed by atoms with Gasteiger partial charge in [-0.15, -0.1) is 0 Å². The highest BCUT2D eigenvalue weighted by atomic mass is 19.1. The molecule has 2 aromatic carbocycles. The summed E-state index contributed by atoms with van der Waals surface area (Å²) in [7, 11) is 4.85. The molecule has 0 radical (unpaired) electrons. The summed E-state index contributed by atoms with van der Waals surface area (Å²) in [4.78, 5) is 1.83. The van der Waals surface area contributed by atoms with Crippen LogP contribution >= 0.6 is 0 Å². The van der Waals surface area contributed by atoms with Gasteiger partial charge in [-0.05, 0) is 12.1 Å².